The van der Waals surface area contributed by atoms with Crippen LogP contribution in [0.25, 0.3) is 0 Å². The number of carbonyl (C=O) groups is 2. The Morgan fingerprint density at radius 1 is 1.13 bits per heavy atom. The maximum atomic E-state index is 12.8. The van der Waals surface area contributed by atoms with E-state index in [1.807, 2.05) is 67.5 Å². The highest BCUT2D eigenvalue weighted by atomic mass is 79.9. The maximum Gasteiger partial charge on any atom is 0.253 e. The van der Waals surface area contributed by atoms with Crippen molar-refractivity contribution in [3.63, 3.8) is 0 Å². The second-order valence-electron chi connectivity index (χ2n) is 7.82. The molecule has 0 aromatic heterocycles. The highest BCUT2D eigenvalue weighted by Gasteiger charge is 2.28. The summed E-state index contributed by atoms with van der Waals surface area (Å²) in [7, 11) is 3.96. The van der Waals surface area contributed by atoms with Crippen molar-refractivity contribution in [2.75, 3.05) is 33.7 Å². The summed E-state index contributed by atoms with van der Waals surface area (Å²) >= 11 is 9.74. The quantitative estimate of drug-likeness (QED) is 0.651. The molecule has 7 heteroatoms. The van der Waals surface area contributed by atoms with E-state index < -0.39 is 0 Å². The Hall–Kier alpha value is -1.89. The van der Waals surface area contributed by atoms with Gasteiger partial charge in [-0.25, -0.2) is 0 Å². The molecule has 160 valence electrons. The van der Waals surface area contributed by atoms with Gasteiger partial charge in [-0.15, -0.1) is 0 Å². The third-order valence-electron chi connectivity index (χ3n) is 5.60. The molecule has 0 saturated carbocycles. The standard InChI is InChI=1S/C23H27BrClN3O2/c1-27(2)21(19-5-3-4-6-20(19)25)15-26-22(29)16-11-13-28(14-12-16)23(30)17-7-9-18(24)10-8-17/h3-10,16,21H,11-15H2,1-2H3,(H,26,29). The molecule has 30 heavy (non-hydrogen) atoms. The number of benzene rings is 2. The molecule has 1 N–H and O–H groups in total. The number of hydrogen-bond donors (Lipinski definition) is 1. The van der Waals surface area contributed by atoms with Gasteiger partial charge in [0, 0.05) is 40.6 Å². The summed E-state index contributed by atoms with van der Waals surface area (Å²) in [6.45, 7) is 1.68. The van der Waals surface area contributed by atoms with Crippen molar-refractivity contribution in [2.24, 2.45) is 5.92 Å². The Kier molecular flexibility index (Phi) is 7.92. The molecule has 0 radical (unpaired) electrons. The fourth-order valence-corrected chi connectivity index (χ4v) is 4.30. The molecule has 1 unspecified atom stereocenters. The monoisotopic (exact) mass is 491 g/mol. The minimum atomic E-state index is -0.0759. The largest absolute Gasteiger partial charge is 0.354 e. The minimum absolute atomic E-state index is 0.00159. The zero-order chi connectivity index (χ0) is 21.7. The summed E-state index contributed by atoms with van der Waals surface area (Å²) in [6, 6.07) is 15.1. The second kappa shape index (κ2) is 10.4. The Morgan fingerprint density at radius 3 is 2.37 bits per heavy atom. The Bertz CT molecular complexity index is 880. The first-order chi connectivity index (χ1) is 14.4. The van der Waals surface area contributed by atoms with Gasteiger partial charge in [0.1, 0.15) is 0 Å². The number of carbonyl (C=O) groups excluding carboxylic acids is 2. The molecule has 1 fully saturated rings. The summed E-state index contributed by atoms with van der Waals surface area (Å²) in [5.74, 6) is -0.00887. The van der Waals surface area contributed by atoms with E-state index in [1.165, 1.54) is 0 Å². The van der Waals surface area contributed by atoms with Gasteiger partial charge in [-0.1, -0.05) is 45.7 Å². The lowest BCUT2D eigenvalue weighted by Gasteiger charge is -2.32. The highest BCUT2D eigenvalue weighted by molar-refractivity contribution is 9.10. The van der Waals surface area contributed by atoms with E-state index in [9.17, 15) is 9.59 Å². The number of nitrogens with one attached hydrogen (secondary N) is 1. The van der Waals surface area contributed by atoms with Crippen LogP contribution in [0.1, 0.15) is 34.8 Å². The fraction of sp³-hybridized carbons (Fsp3) is 0.391. The van der Waals surface area contributed by atoms with Crippen molar-refractivity contribution < 1.29 is 9.59 Å². The molecule has 0 aliphatic carbocycles. The SMILES string of the molecule is CN(C)C(CNC(=O)C1CCN(C(=O)c2ccc(Br)cc2)CC1)c1ccccc1Cl. The molecule has 2 aromatic carbocycles. The first-order valence-electron chi connectivity index (χ1n) is 10.1. The van der Waals surface area contributed by atoms with Gasteiger partial charge in [-0.05, 0) is 62.8 Å². The molecule has 3 rings (SSSR count). The van der Waals surface area contributed by atoms with Crippen LogP contribution < -0.4 is 5.32 Å². The summed E-state index contributed by atoms with van der Waals surface area (Å²) in [4.78, 5) is 29.3. The molecule has 1 aliphatic heterocycles. The normalized spacial score (nSPS) is 15.8. The van der Waals surface area contributed by atoms with Gasteiger partial charge in [-0.2, -0.15) is 0 Å². The van der Waals surface area contributed by atoms with Crippen molar-refractivity contribution in [2.45, 2.75) is 18.9 Å². The Morgan fingerprint density at radius 2 is 1.77 bits per heavy atom. The van der Waals surface area contributed by atoms with Crippen molar-refractivity contribution in [3.8, 4) is 0 Å². The number of likely N-dealkylation sites (tertiary alicyclic amines) is 1. The molecule has 5 nitrogen and oxygen atoms in total. The number of halogens is 2. The molecule has 1 atom stereocenters. The van der Waals surface area contributed by atoms with E-state index in [-0.39, 0.29) is 23.8 Å². The maximum absolute atomic E-state index is 12.8. The van der Waals surface area contributed by atoms with Gasteiger partial charge in [0.05, 0.1) is 6.04 Å². The topological polar surface area (TPSA) is 52.7 Å². The molecule has 0 bridgehead atoms. The molecular weight excluding hydrogens is 466 g/mol. The van der Waals surface area contributed by atoms with Gasteiger partial charge in [0.25, 0.3) is 5.91 Å². The van der Waals surface area contributed by atoms with Crippen LogP contribution in [0.4, 0.5) is 0 Å². The molecule has 0 spiro atoms. The van der Waals surface area contributed by atoms with Gasteiger partial charge < -0.3 is 15.1 Å². The highest BCUT2D eigenvalue weighted by Crippen LogP contribution is 2.26. The Labute approximate surface area is 191 Å². The predicted octanol–water partition coefficient (Wildman–Crippen LogP) is 4.37. The third kappa shape index (κ3) is 5.62. The van der Waals surface area contributed by atoms with Crippen LogP contribution in [0.15, 0.2) is 53.0 Å². The summed E-state index contributed by atoms with van der Waals surface area (Å²) in [5, 5.41) is 3.79. The molecule has 2 aromatic rings. The number of nitrogens with zero attached hydrogens (tertiary/aromatic N) is 2. The number of likely N-dealkylation sites (N-methyl/N-ethyl adjacent to an activating group) is 1. The molecule has 1 heterocycles. The van der Waals surface area contributed by atoms with Gasteiger partial charge >= 0.3 is 0 Å². The van der Waals surface area contributed by atoms with Crippen molar-refractivity contribution in [1.82, 2.24) is 15.1 Å². The first-order valence-corrected chi connectivity index (χ1v) is 11.3. The first kappa shape index (κ1) is 22.8. The van der Waals surface area contributed by atoms with Crippen molar-refractivity contribution in [3.05, 3.63) is 69.2 Å². The minimum Gasteiger partial charge on any atom is -0.354 e. The lowest BCUT2D eigenvalue weighted by atomic mass is 9.95. The third-order valence-corrected chi connectivity index (χ3v) is 6.47. The number of rotatable bonds is 6. The Balaban J connectivity index is 1.53. The van der Waals surface area contributed by atoms with Crippen LogP contribution in [0, 0.1) is 5.92 Å². The number of amides is 2. The van der Waals surface area contributed by atoms with Gasteiger partial charge in [-0.3, -0.25) is 9.59 Å². The van der Waals surface area contributed by atoms with Crippen molar-refractivity contribution in [1.29, 1.82) is 0 Å². The van der Waals surface area contributed by atoms with Gasteiger partial charge in [0.15, 0.2) is 0 Å². The van der Waals surface area contributed by atoms with E-state index in [0.29, 0.717) is 43.1 Å². The van der Waals surface area contributed by atoms with Crippen LogP contribution in [0.5, 0.6) is 0 Å². The van der Waals surface area contributed by atoms with Crippen LogP contribution in [-0.2, 0) is 4.79 Å². The average Bonchev–Trinajstić information content (AvgIpc) is 2.75. The van der Waals surface area contributed by atoms with E-state index in [4.69, 9.17) is 11.6 Å². The summed E-state index contributed by atoms with van der Waals surface area (Å²) < 4.78 is 0.947. The van der Waals surface area contributed by atoms with Crippen LogP contribution in [0.3, 0.4) is 0 Å². The molecule has 2 amide bonds. The summed E-state index contributed by atoms with van der Waals surface area (Å²) in [5.41, 5.74) is 1.68. The zero-order valence-electron chi connectivity index (χ0n) is 17.3. The van der Waals surface area contributed by atoms with Crippen LogP contribution >= 0.6 is 27.5 Å². The smallest absolute Gasteiger partial charge is 0.253 e. The fourth-order valence-electron chi connectivity index (χ4n) is 3.78. The molecular formula is C23H27BrClN3O2. The molecule has 1 saturated heterocycles. The average molecular weight is 493 g/mol. The molecule has 1 aliphatic rings. The van der Waals surface area contributed by atoms with Crippen molar-refractivity contribution >= 4 is 39.3 Å². The number of hydrogen-bond acceptors (Lipinski definition) is 3. The number of piperidine rings is 1. The van der Waals surface area contributed by atoms with E-state index in [2.05, 4.69) is 26.1 Å². The van der Waals surface area contributed by atoms with E-state index in [0.717, 1.165) is 10.0 Å². The van der Waals surface area contributed by atoms with E-state index in [1.54, 1.807) is 0 Å². The van der Waals surface area contributed by atoms with E-state index >= 15 is 0 Å². The zero-order valence-corrected chi connectivity index (χ0v) is 19.6. The van der Waals surface area contributed by atoms with Crippen LogP contribution in [0.2, 0.25) is 5.02 Å². The lowest BCUT2D eigenvalue weighted by Crippen LogP contribution is -2.44. The summed E-state index contributed by atoms with van der Waals surface area (Å²) in [6.07, 6.45) is 1.35. The second-order valence-corrected chi connectivity index (χ2v) is 9.14. The van der Waals surface area contributed by atoms with Gasteiger partial charge in [0.2, 0.25) is 5.91 Å². The van der Waals surface area contributed by atoms with Crippen LogP contribution in [-0.4, -0.2) is 55.3 Å². The predicted molar refractivity (Wildman–Crippen MR) is 124 cm³/mol. The lowest BCUT2D eigenvalue weighted by molar-refractivity contribution is -0.126.